The highest BCUT2D eigenvalue weighted by atomic mass is 32.1. The molecule has 0 radical (unpaired) electrons. The van der Waals surface area contributed by atoms with Crippen molar-refractivity contribution in [1.29, 1.82) is 0 Å². The average Bonchev–Trinajstić information content (AvgIpc) is 2.69. The van der Waals surface area contributed by atoms with E-state index in [1.807, 2.05) is 6.07 Å². The molecule has 1 aromatic heterocycles. The highest BCUT2D eigenvalue weighted by molar-refractivity contribution is 7.15. The van der Waals surface area contributed by atoms with Gasteiger partial charge in [0.1, 0.15) is 0 Å². The van der Waals surface area contributed by atoms with E-state index in [1.54, 1.807) is 12.1 Å². The summed E-state index contributed by atoms with van der Waals surface area (Å²) in [5.74, 6) is 0. The molecule has 106 valence electrons. The van der Waals surface area contributed by atoms with Gasteiger partial charge in [0, 0.05) is 28.4 Å². The molecule has 0 bridgehead atoms. The molecule has 1 aromatic carbocycles. The number of hydrazine groups is 1. The van der Waals surface area contributed by atoms with Gasteiger partial charge >= 0.3 is 6.18 Å². The highest BCUT2D eigenvalue weighted by Gasteiger charge is 2.33. The van der Waals surface area contributed by atoms with Crippen LogP contribution < -0.4 is 10.9 Å². The Morgan fingerprint density at radius 1 is 1.10 bits per heavy atom. The Balaban J connectivity index is 2.06. The standard InChI is InChI=1S/C14H13F3N2S/c15-14(16,17)11-4-2-1-3-10(11)13-7-9-8-19-18-6-5-12(9)20-13/h1-4,7,18-19H,5-6,8H2. The van der Waals surface area contributed by atoms with Crippen LogP contribution in [0, 0.1) is 0 Å². The minimum Gasteiger partial charge on any atom is -0.257 e. The van der Waals surface area contributed by atoms with Crippen LogP contribution in [0.2, 0.25) is 0 Å². The third-order valence-electron chi connectivity index (χ3n) is 3.28. The van der Waals surface area contributed by atoms with Crippen molar-refractivity contribution >= 4 is 11.3 Å². The van der Waals surface area contributed by atoms with Gasteiger partial charge in [-0.2, -0.15) is 13.2 Å². The summed E-state index contributed by atoms with van der Waals surface area (Å²) in [4.78, 5) is 1.83. The lowest BCUT2D eigenvalue weighted by Crippen LogP contribution is -2.30. The van der Waals surface area contributed by atoms with Crippen LogP contribution in [-0.4, -0.2) is 6.54 Å². The van der Waals surface area contributed by atoms with E-state index in [-0.39, 0.29) is 5.56 Å². The Kier molecular flexibility index (Phi) is 3.54. The Labute approximate surface area is 118 Å². The maximum atomic E-state index is 13.1. The number of nitrogens with one attached hydrogen (secondary N) is 2. The molecular formula is C14H13F3N2S. The molecular weight excluding hydrogens is 285 g/mol. The summed E-state index contributed by atoms with van der Waals surface area (Å²) in [6.07, 6.45) is -3.49. The van der Waals surface area contributed by atoms with Crippen molar-refractivity contribution < 1.29 is 13.2 Å². The lowest BCUT2D eigenvalue weighted by atomic mass is 10.0. The number of hydrogen-bond donors (Lipinski definition) is 2. The largest absolute Gasteiger partial charge is 0.417 e. The van der Waals surface area contributed by atoms with Crippen LogP contribution in [-0.2, 0) is 19.1 Å². The van der Waals surface area contributed by atoms with Crippen LogP contribution >= 0.6 is 11.3 Å². The van der Waals surface area contributed by atoms with Crippen molar-refractivity contribution in [2.45, 2.75) is 19.1 Å². The SMILES string of the molecule is FC(F)(F)c1ccccc1-c1cc2c(s1)CCNNC2. The molecule has 2 N–H and O–H groups in total. The van der Waals surface area contributed by atoms with Gasteiger partial charge in [-0.05, 0) is 24.1 Å². The van der Waals surface area contributed by atoms with Gasteiger partial charge in [-0.25, -0.2) is 0 Å². The van der Waals surface area contributed by atoms with E-state index in [4.69, 9.17) is 0 Å². The quantitative estimate of drug-likeness (QED) is 0.841. The van der Waals surface area contributed by atoms with Crippen LogP contribution in [0.3, 0.4) is 0 Å². The average molecular weight is 298 g/mol. The first kappa shape index (κ1) is 13.6. The summed E-state index contributed by atoms with van der Waals surface area (Å²) >= 11 is 1.45. The number of benzene rings is 1. The monoisotopic (exact) mass is 298 g/mol. The molecule has 2 nitrogen and oxygen atoms in total. The molecule has 2 aromatic rings. The van der Waals surface area contributed by atoms with Crippen LogP contribution in [0.4, 0.5) is 13.2 Å². The van der Waals surface area contributed by atoms with Crippen LogP contribution in [0.1, 0.15) is 16.0 Å². The Bertz CT molecular complexity index is 596. The second kappa shape index (κ2) is 5.20. The summed E-state index contributed by atoms with van der Waals surface area (Å²) in [5.41, 5.74) is 6.88. The number of rotatable bonds is 1. The minimum absolute atomic E-state index is 0.269. The van der Waals surface area contributed by atoms with Gasteiger partial charge in [0.15, 0.2) is 0 Å². The van der Waals surface area contributed by atoms with E-state index < -0.39 is 11.7 Å². The summed E-state index contributed by atoms with van der Waals surface area (Å²) in [7, 11) is 0. The second-order valence-corrected chi connectivity index (χ2v) is 5.77. The molecule has 0 spiro atoms. The predicted octanol–water partition coefficient (Wildman–Crippen LogP) is 3.58. The molecule has 0 saturated heterocycles. The van der Waals surface area contributed by atoms with Gasteiger partial charge in [0.2, 0.25) is 0 Å². The normalized spacial score (nSPS) is 15.8. The number of thiophene rings is 1. The smallest absolute Gasteiger partial charge is 0.257 e. The van der Waals surface area contributed by atoms with E-state index >= 15 is 0 Å². The fourth-order valence-electron chi connectivity index (χ4n) is 2.33. The van der Waals surface area contributed by atoms with Crippen LogP contribution in [0.15, 0.2) is 30.3 Å². The van der Waals surface area contributed by atoms with E-state index in [2.05, 4.69) is 10.9 Å². The van der Waals surface area contributed by atoms with Crippen molar-refractivity contribution in [3.8, 4) is 10.4 Å². The first-order valence-electron chi connectivity index (χ1n) is 6.29. The first-order chi connectivity index (χ1) is 9.55. The van der Waals surface area contributed by atoms with E-state index in [0.29, 0.717) is 11.4 Å². The van der Waals surface area contributed by atoms with Crippen molar-refractivity contribution in [3.05, 3.63) is 46.3 Å². The second-order valence-electron chi connectivity index (χ2n) is 4.63. The lowest BCUT2D eigenvalue weighted by Gasteiger charge is -2.11. The Morgan fingerprint density at radius 2 is 1.90 bits per heavy atom. The van der Waals surface area contributed by atoms with Crippen molar-refractivity contribution in [3.63, 3.8) is 0 Å². The zero-order valence-electron chi connectivity index (χ0n) is 10.6. The van der Waals surface area contributed by atoms with Crippen molar-refractivity contribution in [2.75, 3.05) is 6.54 Å². The third-order valence-corrected chi connectivity index (χ3v) is 4.55. The molecule has 0 amide bonds. The zero-order valence-corrected chi connectivity index (χ0v) is 11.4. The number of alkyl halides is 3. The number of hydrogen-bond acceptors (Lipinski definition) is 3. The maximum absolute atomic E-state index is 13.1. The van der Waals surface area contributed by atoms with Crippen LogP contribution in [0.25, 0.3) is 10.4 Å². The maximum Gasteiger partial charge on any atom is 0.417 e. The third kappa shape index (κ3) is 2.59. The molecule has 0 atom stereocenters. The van der Waals surface area contributed by atoms with Crippen molar-refractivity contribution in [2.24, 2.45) is 0 Å². The predicted molar refractivity (Wildman–Crippen MR) is 73.3 cm³/mol. The number of halogens is 3. The van der Waals surface area contributed by atoms with E-state index in [0.717, 1.165) is 29.5 Å². The van der Waals surface area contributed by atoms with E-state index in [1.165, 1.54) is 17.4 Å². The minimum atomic E-state index is -4.32. The van der Waals surface area contributed by atoms with Gasteiger partial charge in [0.05, 0.1) is 5.56 Å². The molecule has 20 heavy (non-hydrogen) atoms. The molecule has 0 unspecified atom stereocenters. The number of fused-ring (bicyclic) bond motifs is 1. The zero-order chi connectivity index (χ0) is 14.2. The van der Waals surface area contributed by atoms with Gasteiger partial charge in [-0.15, -0.1) is 11.3 Å². The van der Waals surface area contributed by atoms with Crippen molar-refractivity contribution in [1.82, 2.24) is 10.9 Å². The molecule has 0 aliphatic carbocycles. The first-order valence-corrected chi connectivity index (χ1v) is 7.11. The topological polar surface area (TPSA) is 24.1 Å². The fourth-order valence-corrected chi connectivity index (χ4v) is 3.55. The van der Waals surface area contributed by atoms with Crippen LogP contribution in [0.5, 0.6) is 0 Å². The molecule has 0 saturated carbocycles. The fraction of sp³-hybridized carbons (Fsp3) is 0.286. The summed E-state index contributed by atoms with van der Waals surface area (Å²) < 4.78 is 39.2. The van der Waals surface area contributed by atoms with Gasteiger partial charge in [-0.1, -0.05) is 18.2 Å². The molecule has 2 heterocycles. The molecule has 0 fully saturated rings. The Morgan fingerprint density at radius 3 is 2.70 bits per heavy atom. The molecule has 6 heteroatoms. The Hall–Kier alpha value is -1.37. The van der Waals surface area contributed by atoms with Gasteiger partial charge in [0.25, 0.3) is 0 Å². The summed E-state index contributed by atoms with van der Waals surface area (Å²) in [6, 6.07) is 7.62. The summed E-state index contributed by atoms with van der Waals surface area (Å²) in [6.45, 7) is 1.42. The van der Waals surface area contributed by atoms with E-state index in [9.17, 15) is 13.2 Å². The lowest BCUT2D eigenvalue weighted by molar-refractivity contribution is -0.137. The van der Waals surface area contributed by atoms with Gasteiger partial charge < -0.3 is 0 Å². The highest BCUT2D eigenvalue weighted by Crippen LogP contribution is 2.40. The molecule has 3 rings (SSSR count). The molecule has 1 aliphatic rings. The molecule has 1 aliphatic heterocycles. The van der Waals surface area contributed by atoms with Gasteiger partial charge in [-0.3, -0.25) is 10.9 Å². The summed E-state index contributed by atoms with van der Waals surface area (Å²) in [5, 5.41) is 0.